The van der Waals surface area contributed by atoms with E-state index in [4.69, 9.17) is 20.9 Å². The van der Waals surface area contributed by atoms with E-state index in [9.17, 15) is 14.0 Å². The molecule has 270 valence electrons. The van der Waals surface area contributed by atoms with Crippen LogP contribution in [0.15, 0.2) is 42.1 Å². The minimum absolute atomic E-state index is 0.0576. The van der Waals surface area contributed by atoms with Crippen LogP contribution < -0.4 is 25.8 Å². The lowest BCUT2D eigenvalue weighted by molar-refractivity contribution is -0.138. The van der Waals surface area contributed by atoms with Crippen molar-refractivity contribution in [3.05, 3.63) is 70.4 Å². The molecule has 10 nitrogen and oxygen atoms in total. The van der Waals surface area contributed by atoms with E-state index in [0.717, 1.165) is 12.1 Å². The highest BCUT2D eigenvalue weighted by molar-refractivity contribution is 7.23. The second-order valence-corrected chi connectivity index (χ2v) is 13.4. The van der Waals surface area contributed by atoms with Gasteiger partial charge in [-0.2, -0.15) is 37.2 Å². The Labute approximate surface area is 294 Å². The maximum atomic E-state index is 17.3. The van der Waals surface area contributed by atoms with Crippen LogP contribution in [0.2, 0.25) is 0 Å². The van der Waals surface area contributed by atoms with Gasteiger partial charge < -0.3 is 25.8 Å². The fourth-order valence-corrected chi connectivity index (χ4v) is 7.91. The monoisotopic (exact) mass is 744 g/mol. The number of alkyl halides is 3. The molecule has 1 fully saturated rings. The summed E-state index contributed by atoms with van der Waals surface area (Å²) in [5.41, 5.74) is 8.27. The Morgan fingerprint density at radius 2 is 1.92 bits per heavy atom. The van der Waals surface area contributed by atoms with E-state index in [1.54, 1.807) is 30.1 Å². The molecule has 0 spiro atoms. The number of nitrogen functional groups attached to an aromatic ring is 2. The first kappa shape index (κ1) is 35.0. The van der Waals surface area contributed by atoms with Crippen molar-refractivity contribution in [1.82, 2.24) is 19.9 Å². The number of nitrogens with two attached hydrogens (primary N) is 2. The maximum Gasteiger partial charge on any atom is 0.420 e. The van der Waals surface area contributed by atoms with E-state index < -0.39 is 75.4 Å². The Morgan fingerprint density at radius 3 is 2.62 bits per heavy atom. The number of hydrogen-bond acceptors (Lipinski definition) is 11. The topological polar surface area (TPSA) is 139 Å². The largest absolute Gasteiger partial charge is 0.490 e. The van der Waals surface area contributed by atoms with E-state index in [1.807, 2.05) is 0 Å². The van der Waals surface area contributed by atoms with Gasteiger partial charge in [-0.3, -0.25) is 4.90 Å². The second-order valence-electron chi connectivity index (χ2n) is 12.3. The van der Waals surface area contributed by atoms with Crippen LogP contribution in [0, 0.1) is 23.0 Å². The summed E-state index contributed by atoms with van der Waals surface area (Å²) in [5.74, 6) is -3.28. The van der Waals surface area contributed by atoms with Gasteiger partial charge in [0.1, 0.15) is 58.1 Å². The summed E-state index contributed by atoms with van der Waals surface area (Å²) in [7, 11) is 1.63. The molecule has 0 bridgehead atoms. The van der Waals surface area contributed by atoms with Crippen LogP contribution in [-0.2, 0) is 12.7 Å². The molecule has 0 saturated carbocycles. The number of benzene rings is 2. The molecule has 52 heavy (non-hydrogen) atoms. The van der Waals surface area contributed by atoms with E-state index >= 15 is 22.0 Å². The van der Waals surface area contributed by atoms with Gasteiger partial charge in [0.15, 0.2) is 5.82 Å². The van der Waals surface area contributed by atoms with Gasteiger partial charge in [0.2, 0.25) is 0 Å². The fourth-order valence-electron chi connectivity index (χ4n) is 6.96. The molecule has 2 aliphatic rings. The van der Waals surface area contributed by atoms with Gasteiger partial charge in [0.05, 0.1) is 28.2 Å². The first-order valence-electron chi connectivity index (χ1n) is 15.7. The standard InChI is InChI=1S/C34H27F7N8O2S/c1-14(26-17(29(37)38)7-9-48(26)2)51-33-46-25-22-27(50-11-10-49(32(22)47-33)13-15-4-3-8-45-30(15)43)23(34(39,40)41)21(24(25)36)16-5-6-19(35)28-20(16)18(12-42)31(44)52-28/h3-6,8,14,26H,7,9-11,13,44H2,1-2H3,(H2,43,45). The first-order chi connectivity index (χ1) is 24.7. The highest BCUT2D eigenvalue weighted by atomic mass is 32.1. The second kappa shape index (κ2) is 13.0. The van der Waals surface area contributed by atoms with Crippen molar-refractivity contribution in [2.24, 2.45) is 0 Å². The Hall–Kier alpha value is -5.41. The number of aromatic nitrogens is 3. The average Bonchev–Trinajstić information content (AvgIpc) is 3.59. The van der Waals surface area contributed by atoms with Gasteiger partial charge >= 0.3 is 12.2 Å². The molecule has 4 N–H and O–H groups in total. The number of nitriles is 1. The number of pyridine rings is 1. The smallest absolute Gasteiger partial charge is 0.420 e. The Morgan fingerprint density at radius 1 is 1.15 bits per heavy atom. The van der Waals surface area contributed by atoms with Gasteiger partial charge in [0.25, 0.3) is 6.08 Å². The van der Waals surface area contributed by atoms with Crippen LogP contribution in [0.1, 0.15) is 30.0 Å². The van der Waals surface area contributed by atoms with Crippen molar-refractivity contribution in [1.29, 1.82) is 5.26 Å². The molecule has 5 heterocycles. The third kappa shape index (κ3) is 5.73. The van der Waals surface area contributed by atoms with Crippen LogP contribution in [0.3, 0.4) is 0 Å². The van der Waals surface area contributed by atoms with Crippen molar-refractivity contribution >= 4 is 49.0 Å². The fraction of sp³-hybridized carbons (Fsp3) is 0.294. The van der Waals surface area contributed by atoms with Crippen LogP contribution >= 0.6 is 11.3 Å². The maximum absolute atomic E-state index is 17.3. The lowest BCUT2D eigenvalue weighted by atomic mass is 9.91. The molecule has 3 aromatic heterocycles. The third-order valence-corrected chi connectivity index (χ3v) is 10.2. The number of nitrogens with zero attached hydrogens (tertiary/aromatic N) is 6. The number of hydrogen-bond donors (Lipinski definition) is 2. The third-order valence-electron chi connectivity index (χ3n) is 9.22. The Balaban J connectivity index is 1.54. The predicted molar refractivity (Wildman–Crippen MR) is 180 cm³/mol. The zero-order chi connectivity index (χ0) is 37.2. The average molecular weight is 745 g/mol. The quantitative estimate of drug-likeness (QED) is 0.171. The van der Waals surface area contributed by atoms with E-state index in [-0.39, 0.29) is 64.0 Å². The van der Waals surface area contributed by atoms with Crippen molar-refractivity contribution in [3.63, 3.8) is 0 Å². The normalized spacial score (nSPS) is 17.0. The molecule has 2 atom stereocenters. The number of fused-ring (bicyclic) bond motifs is 1. The summed E-state index contributed by atoms with van der Waals surface area (Å²) in [6.45, 7) is 1.31. The van der Waals surface area contributed by atoms with Crippen molar-refractivity contribution in [2.75, 3.05) is 43.1 Å². The van der Waals surface area contributed by atoms with Crippen molar-refractivity contribution in [3.8, 4) is 29.0 Å². The Bertz CT molecular complexity index is 2340. The highest BCUT2D eigenvalue weighted by Crippen LogP contribution is 2.53. The number of likely N-dealkylation sites (tertiary alicyclic amines) is 1. The summed E-state index contributed by atoms with van der Waals surface area (Å²) in [5, 5.41) is 8.93. The number of thiophene rings is 1. The molecule has 2 unspecified atom stereocenters. The minimum Gasteiger partial charge on any atom is -0.490 e. The zero-order valence-electron chi connectivity index (χ0n) is 27.3. The van der Waals surface area contributed by atoms with Crippen LogP contribution in [0.25, 0.3) is 32.1 Å². The zero-order valence-corrected chi connectivity index (χ0v) is 28.1. The van der Waals surface area contributed by atoms with Gasteiger partial charge in [0, 0.05) is 41.4 Å². The number of ether oxygens (including phenoxy) is 2. The van der Waals surface area contributed by atoms with Gasteiger partial charge in [-0.05, 0) is 38.1 Å². The molecule has 0 radical (unpaired) electrons. The van der Waals surface area contributed by atoms with E-state index in [1.165, 1.54) is 18.0 Å². The van der Waals surface area contributed by atoms with Gasteiger partial charge in [-0.25, -0.2) is 13.8 Å². The number of rotatable bonds is 6. The minimum atomic E-state index is -5.27. The summed E-state index contributed by atoms with van der Waals surface area (Å²) in [6.07, 6.45) is -6.64. The first-order valence-corrected chi connectivity index (χ1v) is 16.6. The van der Waals surface area contributed by atoms with Crippen LogP contribution in [-0.4, -0.2) is 58.7 Å². The predicted octanol–water partition coefficient (Wildman–Crippen LogP) is 7.26. The summed E-state index contributed by atoms with van der Waals surface area (Å²) in [4.78, 5) is 15.9. The molecule has 18 heteroatoms. The van der Waals surface area contributed by atoms with Crippen LogP contribution in [0.4, 0.5) is 47.4 Å². The number of halogens is 7. The van der Waals surface area contributed by atoms with Crippen LogP contribution in [0.5, 0.6) is 11.8 Å². The van der Waals surface area contributed by atoms with Crippen molar-refractivity contribution in [2.45, 2.75) is 38.2 Å². The molecular weight excluding hydrogens is 717 g/mol. The molecule has 0 amide bonds. The molecule has 2 aliphatic heterocycles. The van der Waals surface area contributed by atoms with E-state index in [2.05, 4.69) is 15.0 Å². The van der Waals surface area contributed by atoms with E-state index in [0.29, 0.717) is 23.4 Å². The molecule has 2 aromatic carbocycles. The lowest BCUT2D eigenvalue weighted by Crippen LogP contribution is -2.39. The molecule has 5 aromatic rings. The van der Waals surface area contributed by atoms with Gasteiger partial charge in [-0.1, -0.05) is 12.1 Å². The number of likely N-dealkylation sites (N-methyl/N-ethyl adjacent to an activating group) is 1. The lowest BCUT2D eigenvalue weighted by Gasteiger charge is -2.28. The van der Waals surface area contributed by atoms with Crippen molar-refractivity contribution < 1.29 is 40.2 Å². The molecule has 7 rings (SSSR count). The number of anilines is 3. The summed E-state index contributed by atoms with van der Waals surface area (Å²) < 4.78 is 118. The van der Waals surface area contributed by atoms with Gasteiger partial charge in [-0.15, -0.1) is 11.3 Å². The SMILES string of the molecule is CC(Oc1nc2c3c(c(C(F)(F)F)c(-c4ccc(F)c5sc(N)c(C#N)c45)c(F)c3n1)OCCN2Cc1cccnc1N)C1C(=C(F)F)CCN1C. The molecule has 0 aliphatic carbocycles. The molecular formula is C34H27F7N8O2S. The summed E-state index contributed by atoms with van der Waals surface area (Å²) in [6, 6.07) is 5.40. The Kier molecular flexibility index (Phi) is 8.73. The summed E-state index contributed by atoms with van der Waals surface area (Å²) >= 11 is 0.631. The highest BCUT2D eigenvalue weighted by Gasteiger charge is 2.44. The molecule has 1 saturated heterocycles.